The van der Waals surface area contributed by atoms with Gasteiger partial charge < -0.3 is 0 Å². The molecule has 0 heterocycles. The maximum absolute atomic E-state index is 6.12. The van der Waals surface area contributed by atoms with Crippen LogP contribution in [0.5, 0.6) is 0 Å². The SMILES string of the molecule is Cc1cccc(C(NN)c2ccc(Br)c(Cl)c2)c1. The van der Waals surface area contributed by atoms with Crippen LogP contribution in [0.25, 0.3) is 0 Å². The summed E-state index contributed by atoms with van der Waals surface area (Å²) in [5.41, 5.74) is 6.20. The summed E-state index contributed by atoms with van der Waals surface area (Å²) in [6, 6.07) is 14.0. The molecule has 18 heavy (non-hydrogen) atoms. The van der Waals surface area contributed by atoms with Gasteiger partial charge in [0.2, 0.25) is 0 Å². The molecule has 2 aromatic carbocycles. The molecule has 0 aliphatic heterocycles. The van der Waals surface area contributed by atoms with Crippen molar-refractivity contribution in [2.24, 2.45) is 5.84 Å². The Hall–Kier alpha value is -0.870. The van der Waals surface area contributed by atoms with Crippen molar-refractivity contribution in [3.05, 3.63) is 68.7 Å². The quantitative estimate of drug-likeness (QED) is 0.662. The summed E-state index contributed by atoms with van der Waals surface area (Å²) in [7, 11) is 0. The lowest BCUT2D eigenvalue weighted by Crippen LogP contribution is -2.28. The molecule has 0 amide bonds. The van der Waals surface area contributed by atoms with Gasteiger partial charge in [0.05, 0.1) is 11.1 Å². The first-order valence-electron chi connectivity index (χ1n) is 5.59. The average molecular weight is 326 g/mol. The van der Waals surface area contributed by atoms with Gasteiger partial charge in [-0.25, -0.2) is 5.43 Å². The molecule has 4 heteroatoms. The van der Waals surface area contributed by atoms with Gasteiger partial charge in [-0.2, -0.15) is 0 Å². The Morgan fingerprint density at radius 2 is 1.89 bits per heavy atom. The third-order valence-electron chi connectivity index (χ3n) is 2.82. The van der Waals surface area contributed by atoms with Crippen LogP contribution in [-0.2, 0) is 0 Å². The first-order chi connectivity index (χ1) is 8.61. The second-order valence-electron chi connectivity index (χ2n) is 4.19. The van der Waals surface area contributed by atoms with Crippen LogP contribution in [0.3, 0.4) is 0 Å². The van der Waals surface area contributed by atoms with E-state index in [0.29, 0.717) is 5.02 Å². The Kier molecular flexibility index (Phi) is 4.40. The zero-order valence-corrected chi connectivity index (χ0v) is 12.3. The first kappa shape index (κ1) is 13.6. The van der Waals surface area contributed by atoms with Gasteiger partial charge >= 0.3 is 0 Å². The fourth-order valence-corrected chi connectivity index (χ4v) is 2.36. The van der Waals surface area contributed by atoms with E-state index in [0.717, 1.165) is 15.6 Å². The summed E-state index contributed by atoms with van der Waals surface area (Å²) >= 11 is 9.50. The molecule has 2 nitrogen and oxygen atoms in total. The van der Waals surface area contributed by atoms with Gasteiger partial charge in [-0.15, -0.1) is 0 Å². The van der Waals surface area contributed by atoms with Gasteiger partial charge in [0.15, 0.2) is 0 Å². The maximum atomic E-state index is 6.12. The van der Waals surface area contributed by atoms with Crippen LogP contribution >= 0.6 is 27.5 Å². The van der Waals surface area contributed by atoms with Gasteiger partial charge in [0.25, 0.3) is 0 Å². The minimum atomic E-state index is -0.0597. The lowest BCUT2D eigenvalue weighted by Gasteiger charge is -2.18. The predicted octanol–water partition coefficient (Wildman–Crippen LogP) is 3.96. The number of halogens is 2. The van der Waals surface area contributed by atoms with Crippen LogP contribution in [0.1, 0.15) is 22.7 Å². The molecule has 94 valence electrons. The van der Waals surface area contributed by atoms with Crippen LogP contribution in [0, 0.1) is 6.92 Å². The number of rotatable bonds is 3. The smallest absolute Gasteiger partial charge is 0.0710 e. The summed E-state index contributed by atoms with van der Waals surface area (Å²) in [4.78, 5) is 0. The maximum Gasteiger partial charge on any atom is 0.0710 e. The normalized spacial score (nSPS) is 12.4. The van der Waals surface area contributed by atoms with Crippen molar-refractivity contribution in [3.63, 3.8) is 0 Å². The van der Waals surface area contributed by atoms with E-state index in [1.807, 2.05) is 30.3 Å². The fourth-order valence-electron chi connectivity index (χ4n) is 1.93. The number of hydrogen-bond acceptors (Lipinski definition) is 2. The van der Waals surface area contributed by atoms with Crippen molar-refractivity contribution in [1.82, 2.24) is 5.43 Å². The van der Waals surface area contributed by atoms with E-state index < -0.39 is 0 Å². The number of aryl methyl sites for hydroxylation is 1. The minimum absolute atomic E-state index is 0.0597. The largest absolute Gasteiger partial charge is 0.271 e. The summed E-state index contributed by atoms with van der Waals surface area (Å²) in [5, 5.41) is 0.681. The van der Waals surface area contributed by atoms with Gasteiger partial charge in [0.1, 0.15) is 0 Å². The molecule has 0 saturated carbocycles. The number of benzene rings is 2. The average Bonchev–Trinajstić information content (AvgIpc) is 2.35. The van der Waals surface area contributed by atoms with Gasteiger partial charge in [0, 0.05) is 4.47 Å². The highest BCUT2D eigenvalue weighted by Gasteiger charge is 2.13. The third-order valence-corrected chi connectivity index (χ3v) is 4.05. The van der Waals surface area contributed by atoms with Crippen LogP contribution in [-0.4, -0.2) is 0 Å². The molecule has 0 bridgehead atoms. The van der Waals surface area contributed by atoms with E-state index in [2.05, 4.69) is 40.4 Å². The molecule has 0 aliphatic carbocycles. The van der Waals surface area contributed by atoms with Crippen LogP contribution in [0.2, 0.25) is 5.02 Å². The molecule has 1 atom stereocenters. The van der Waals surface area contributed by atoms with E-state index in [1.54, 1.807) is 0 Å². The van der Waals surface area contributed by atoms with Crippen molar-refractivity contribution in [2.45, 2.75) is 13.0 Å². The number of nitrogens with two attached hydrogens (primary N) is 1. The van der Waals surface area contributed by atoms with Gasteiger partial charge in [-0.3, -0.25) is 5.84 Å². The lowest BCUT2D eigenvalue weighted by atomic mass is 9.98. The van der Waals surface area contributed by atoms with Crippen molar-refractivity contribution in [1.29, 1.82) is 0 Å². The van der Waals surface area contributed by atoms with Gasteiger partial charge in [-0.1, -0.05) is 47.5 Å². The monoisotopic (exact) mass is 324 g/mol. The number of hydrogen-bond donors (Lipinski definition) is 2. The topological polar surface area (TPSA) is 38.0 Å². The minimum Gasteiger partial charge on any atom is -0.271 e. The van der Waals surface area contributed by atoms with Crippen LogP contribution in [0.15, 0.2) is 46.9 Å². The summed E-state index contributed by atoms with van der Waals surface area (Å²) in [6.07, 6.45) is 0. The Morgan fingerprint density at radius 3 is 2.50 bits per heavy atom. The standard InChI is InChI=1S/C14H14BrClN2/c1-9-3-2-4-10(7-9)14(18-17)11-5-6-12(15)13(16)8-11/h2-8,14,18H,17H2,1H3. The predicted molar refractivity (Wildman–Crippen MR) is 79.5 cm³/mol. The molecule has 0 fully saturated rings. The van der Waals surface area contributed by atoms with E-state index in [1.165, 1.54) is 5.56 Å². The summed E-state index contributed by atoms with van der Waals surface area (Å²) in [6.45, 7) is 2.06. The molecule has 2 rings (SSSR count). The molecule has 1 unspecified atom stereocenters. The van der Waals surface area contributed by atoms with Crippen molar-refractivity contribution in [3.8, 4) is 0 Å². The molecule has 0 aliphatic rings. The van der Waals surface area contributed by atoms with E-state index in [-0.39, 0.29) is 6.04 Å². The molecular formula is C14H14BrClN2. The van der Waals surface area contributed by atoms with E-state index >= 15 is 0 Å². The highest BCUT2D eigenvalue weighted by Crippen LogP contribution is 2.29. The second kappa shape index (κ2) is 5.85. The molecule has 0 spiro atoms. The molecule has 3 N–H and O–H groups in total. The molecule has 0 radical (unpaired) electrons. The fraction of sp³-hybridized carbons (Fsp3) is 0.143. The Balaban J connectivity index is 2.42. The first-order valence-corrected chi connectivity index (χ1v) is 6.76. The lowest BCUT2D eigenvalue weighted by molar-refractivity contribution is 0.636. The van der Waals surface area contributed by atoms with Crippen molar-refractivity contribution < 1.29 is 0 Å². The Bertz CT molecular complexity index is 557. The molecule has 0 aromatic heterocycles. The third kappa shape index (κ3) is 2.93. The van der Waals surface area contributed by atoms with Crippen LogP contribution in [0.4, 0.5) is 0 Å². The summed E-state index contributed by atoms with van der Waals surface area (Å²) in [5.74, 6) is 5.67. The Morgan fingerprint density at radius 1 is 1.17 bits per heavy atom. The zero-order valence-electron chi connectivity index (χ0n) is 9.95. The van der Waals surface area contributed by atoms with E-state index in [4.69, 9.17) is 17.4 Å². The molecule has 0 saturated heterocycles. The Labute approximate surface area is 120 Å². The highest BCUT2D eigenvalue weighted by atomic mass is 79.9. The van der Waals surface area contributed by atoms with Crippen molar-refractivity contribution in [2.75, 3.05) is 0 Å². The van der Waals surface area contributed by atoms with Crippen molar-refractivity contribution >= 4 is 27.5 Å². The summed E-state index contributed by atoms with van der Waals surface area (Å²) < 4.78 is 0.882. The number of nitrogens with one attached hydrogen (secondary N) is 1. The molecular weight excluding hydrogens is 312 g/mol. The van der Waals surface area contributed by atoms with E-state index in [9.17, 15) is 0 Å². The van der Waals surface area contributed by atoms with Gasteiger partial charge in [-0.05, 0) is 46.1 Å². The second-order valence-corrected chi connectivity index (χ2v) is 5.45. The number of hydrazine groups is 1. The van der Waals surface area contributed by atoms with Crippen LogP contribution < -0.4 is 11.3 Å². The highest BCUT2D eigenvalue weighted by molar-refractivity contribution is 9.10. The zero-order chi connectivity index (χ0) is 13.1. The molecule has 2 aromatic rings.